The molecule has 0 aliphatic heterocycles. The van der Waals surface area contributed by atoms with Gasteiger partial charge < -0.3 is 23.6 Å². The van der Waals surface area contributed by atoms with Gasteiger partial charge in [-0.3, -0.25) is 0 Å². The number of aliphatic hydroxyl groups excluding tert-OH is 1. The van der Waals surface area contributed by atoms with E-state index in [0.29, 0.717) is 17.8 Å². The first-order chi connectivity index (χ1) is 22.6. The van der Waals surface area contributed by atoms with Gasteiger partial charge in [-0.25, -0.2) is 4.79 Å². The summed E-state index contributed by atoms with van der Waals surface area (Å²) in [5, 5.41) is 11.2. The predicted molar refractivity (Wildman–Crippen MR) is 215 cm³/mol. The van der Waals surface area contributed by atoms with Gasteiger partial charge in [-0.15, -0.1) is 0 Å². The van der Waals surface area contributed by atoms with E-state index in [1.807, 2.05) is 6.08 Å². The molecule has 1 amide bonds. The van der Waals surface area contributed by atoms with Crippen LogP contribution in [0.3, 0.4) is 0 Å². The van der Waals surface area contributed by atoms with Crippen LogP contribution in [0.15, 0.2) is 47.6 Å². The van der Waals surface area contributed by atoms with E-state index in [9.17, 15) is 9.90 Å². The largest absolute Gasteiger partial charge is 0.440 e. The van der Waals surface area contributed by atoms with E-state index in [1.54, 1.807) is 33.5 Å². The van der Waals surface area contributed by atoms with E-state index in [-0.39, 0.29) is 27.7 Å². The van der Waals surface area contributed by atoms with Crippen LogP contribution in [0.25, 0.3) is 0 Å². The van der Waals surface area contributed by atoms with E-state index in [4.69, 9.17) is 13.6 Å². The normalized spacial score (nSPS) is 30.1. The van der Waals surface area contributed by atoms with Crippen LogP contribution in [0, 0.1) is 23.2 Å². The third-order valence-electron chi connectivity index (χ3n) is 13.4. The van der Waals surface area contributed by atoms with Crippen LogP contribution < -0.4 is 0 Å². The van der Waals surface area contributed by atoms with Crippen molar-refractivity contribution < 1.29 is 23.5 Å². The molecule has 50 heavy (non-hydrogen) atoms. The molecular weight excluding hydrogens is 655 g/mol. The van der Waals surface area contributed by atoms with Crippen LogP contribution in [-0.4, -0.2) is 70.7 Å². The van der Waals surface area contributed by atoms with Crippen molar-refractivity contribution in [2.75, 3.05) is 14.1 Å². The molecule has 0 saturated heterocycles. The summed E-state index contributed by atoms with van der Waals surface area (Å²) in [6.45, 7) is 36.3. The Balaban J connectivity index is 1.86. The van der Waals surface area contributed by atoms with Crippen LogP contribution in [0.1, 0.15) is 114 Å². The number of rotatable bonds is 10. The Bertz CT molecular complexity index is 1310. The van der Waals surface area contributed by atoms with Crippen molar-refractivity contribution in [3.05, 3.63) is 47.6 Å². The van der Waals surface area contributed by atoms with Crippen LogP contribution in [-0.2, 0) is 13.6 Å². The Morgan fingerprint density at radius 1 is 0.960 bits per heavy atom. The molecule has 0 bridgehead atoms. The van der Waals surface area contributed by atoms with Gasteiger partial charge in [0.25, 0.3) is 0 Å². The number of amides is 1. The summed E-state index contributed by atoms with van der Waals surface area (Å²) in [4.78, 5) is 13.6. The fraction of sp³-hybridized carbons (Fsp3) is 0.786. The molecule has 3 rings (SSSR count). The third-order valence-corrected chi connectivity index (χ3v) is 22.5. The van der Waals surface area contributed by atoms with Crippen LogP contribution in [0.2, 0.25) is 36.3 Å². The van der Waals surface area contributed by atoms with Crippen LogP contribution in [0.4, 0.5) is 4.79 Å². The highest BCUT2D eigenvalue weighted by molar-refractivity contribution is 6.74. The number of aliphatic hydroxyl groups is 1. The molecule has 0 aromatic carbocycles. The molecular formula is C42H75NO5Si2. The maximum Gasteiger partial charge on any atom is 0.409 e. The number of fused-ring (bicyclic) bond motifs is 1. The van der Waals surface area contributed by atoms with Crippen molar-refractivity contribution >= 4 is 22.7 Å². The van der Waals surface area contributed by atoms with Gasteiger partial charge in [0.2, 0.25) is 0 Å². The average molecular weight is 730 g/mol. The highest BCUT2D eigenvalue weighted by atomic mass is 28.4. The summed E-state index contributed by atoms with van der Waals surface area (Å²) in [7, 11) is -0.687. The number of carbonyl (C=O) groups excluding carboxylic acids is 1. The lowest BCUT2D eigenvalue weighted by Crippen LogP contribution is -2.49. The standard InChI is InChI=1S/C42H75NO5Si2/c1-29(20-25-37(44)41(9,10)46-38(45)43(12)13)34-23-24-35-31(19-18-26-42(34,35)11)21-22-32-27-33(47-49(14,15)39(3,4)5)28-36(30(32)2)48-50(16,17)40(6,7)8/h20-22,25,29,33-37,44H,2,18-19,23-24,26-28H2,1,3-17H3/b25-20+,31-21+,32-22-/t29-,33?,34-,35+,36?,37-,42-/m1/s1. The Kier molecular flexibility index (Phi) is 13.3. The summed E-state index contributed by atoms with van der Waals surface area (Å²) in [6.07, 6.45) is 15.3. The first-order valence-electron chi connectivity index (χ1n) is 19.3. The van der Waals surface area contributed by atoms with Crippen molar-refractivity contribution in [3.63, 3.8) is 0 Å². The maximum atomic E-state index is 12.2. The highest BCUT2D eigenvalue weighted by Crippen LogP contribution is 2.59. The third kappa shape index (κ3) is 9.74. The molecule has 8 heteroatoms. The molecule has 3 aliphatic rings. The molecule has 2 unspecified atom stereocenters. The molecule has 7 atom stereocenters. The predicted octanol–water partition coefficient (Wildman–Crippen LogP) is 11.2. The van der Waals surface area contributed by atoms with Crippen molar-refractivity contribution in [1.29, 1.82) is 0 Å². The van der Waals surface area contributed by atoms with Gasteiger partial charge in [0.05, 0.1) is 12.2 Å². The van der Waals surface area contributed by atoms with Gasteiger partial charge in [0, 0.05) is 20.5 Å². The SMILES string of the molecule is C=C1/C(=C\C=C2/CCC[C@]3(C)[C@@H]([C@H](C)/C=C/[C@@H](O)C(C)(C)OC(=O)N(C)C)CC[C@@H]23)CC(O[Si](C)(C)C(C)(C)C)CC1O[Si](C)(C)C(C)(C)C. The fourth-order valence-corrected chi connectivity index (χ4v) is 10.6. The summed E-state index contributed by atoms with van der Waals surface area (Å²) >= 11 is 0. The van der Waals surface area contributed by atoms with Crippen molar-refractivity contribution in [2.24, 2.45) is 23.2 Å². The topological polar surface area (TPSA) is 68.2 Å². The Morgan fingerprint density at radius 3 is 2.10 bits per heavy atom. The van der Waals surface area contributed by atoms with Gasteiger partial charge in [0.15, 0.2) is 16.6 Å². The monoisotopic (exact) mass is 730 g/mol. The van der Waals surface area contributed by atoms with E-state index in [0.717, 1.165) is 24.8 Å². The zero-order valence-corrected chi connectivity index (χ0v) is 37.0. The number of hydrogen-bond donors (Lipinski definition) is 1. The number of carbonyl (C=O) groups is 1. The van der Waals surface area contributed by atoms with Gasteiger partial charge in [-0.2, -0.15) is 0 Å². The molecule has 0 heterocycles. The van der Waals surface area contributed by atoms with Crippen molar-refractivity contribution in [2.45, 2.75) is 174 Å². The van der Waals surface area contributed by atoms with E-state index in [2.05, 4.69) is 106 Å². The van der Waals surface area contributed by atoms with Crippen molar-refractivity contribution in [3.8, 4) is 0 Å². The molecule has 3 fully saturated rings. The molecule has 3 saturated carbocycles. The van der Waals surface area contributed by atoms with Gasteiger partial charge >= 0.3 is 6.09 Å². The number of nitrogens with zero attached hydrogens (tertiary/aromatic N) is 1. The van der Waals surface area contributed by atoms with Crippen LogP contribution in [0.5, 0.6) is 0 Å². The number of ether oxygens (including phenoxy) is 1. The summed E-state index contributed by atoms with van der Waals surface area (Å²) in [6, 6.07) is 0. The number of allylic oxidation sites excluding steroid dienone is 4. The summed E-state index contributed by atoms with van der Waals surface area (Å²) in [5.41, 5.74) is 3.20. The summed E-state index contributed by atoms with van der Waals surface area (Å²) in [5.74, 6) is 1.37. The first-order valence-corrected chi connectivity index (χ1v) is 25.2. The quantitative estimate of drug-likeness (QED) is 0.179. The van der Waals surface area contributed by atoms with Crippen molar-refractivity contribution in [1.82, 2.24) is 4.90 Å². The first kappa shape index (κ1) is 43.0. The molecule has 286 valence electrons. The zero-order chi connectivity index (χ0) is 38.3. The fourth-order valence-electron chi connectivity index (χ4n) is 7.93. The molecule has 6 nitrogen and oxygen atoms in total. The molecule has 1 N–H and O–H groups in total. The second-order valence-corrected chi connectivity index (χ2v) is 29.4. The second kappa shape index (κ2) is 15.5. The zero-order valence-electron chi connectivity index (χ0n) is 35.0. The molecule has 0 radical (unpaired) electrons. The Morgan fingerprint density at radius 2 is 1.54 bits per heavy atom. The minimum Gasteiger partial charge on any atom is -0.440 e. The maximum absolute atomic E-state index is 12.2. The molecule has 0 spiro atoms. The van der Waals surface area contributed by atoms with Gasteiger partial charge in [-0.05, 0) is 123 Å². The minimum atomic E-state index is -2.02. The Labute approximate surface area is 309 Å². The lowest BCUT2D eigenvalue weighted by Gasteiger charge is -2.45. The Hall–Kier alpha value is -1.46. The average Bonchev–Trinajstić information content (AvgIpc) is 3.32. The van der Waals surface area contributed by atoms with Gasteiger partial charge in [0.1, 0.15) is 11.7 Å². The molecule has 3 aliphatic carbocycles. The van der Waals surface area contributed by atoms with E-state index >= 15 is 0 Å². The van der Waals surface area contributed by atoms with Gasteiger partial charge in [-0.1, -0.05) is 91.8 Å². The summed E-state index contributed by atoms with van der Waals surface area (Å²) < 4.78 is 19.7. The second-order valence-electron chi connectivity index (χ2n) is 19.9. The van der Waals surface area contributed by atoms with Crippen LogP contribution >= 0.6 is 0 Å². The molecule has 0 aromatic rings. The lowest BCUT2D eigenvalue weighted by molar-refractivity contribution is -0.0457. The lowest BCUT2D eigenvalue weighted by atomic mass is 9.61. The highest BCUT2D eigenvalue weighted by Gasteiger charge is 2.50. The number of hydrogen-bond acceptors (Lipinski definition) is 5. The van der Waals surface area contributed by atoms with E-state index < -0.39 is 34.4 Å². The smallest absolute Gasteiger partial charge is 0.409 e. The molecule has 0 aromatic heterocycles. The van der Waals surface area contributed by atoms with E-state index in [1.165, 1.54) is 36.2 Å². The minimum absolute atomic E-state index is 0.0177.